The maximum Gasteiger partial charge on any atom is 0.288 e. The van der Waals surface area contributed by atoms with Gasteiger partial charge in [-0.15, -0.1) is 0 Å². The number of sulfonamides is 1. The number of benzene rings is 1. The minimum absolute atomic E-state index is 0.0965. The first-order valence-corrected chi connectivity index (χ1v) is 7.02. The molecule has 16 heavy (non-hydrogen) atoms. The van der Waals surface area contributed by atoms with Crippen molar-refractivity contribution in [3.63, 3.8) is 0 Å². The van der Waals surface area contributed by atoms with Gasteiger partial charge >= 0.3 is 0 Å². The summed E-state index contributed by atoms with van der Waals surface area (Å²) in [6.45, 7) is 1.48. The van der Waals surface area contributed by atoms with Gasteiger partial charge in [-0.2, -0.15) is 8.78 Å². The second-order valence-corrected chi connectivity index (χ2v) is 5.92. The molecule has 0 aromatic heterocycles. The Morgan fingerprint density at radius 2 is 2.00 bits per heavy atom. The number of nitrogens with one attached hydrogen (secondary N) is 1. The van der Waals surface area contributed by atoms with Gasteiger partial charge in [-0.3, -0.25) is 4.72 Å². The van der Waals surface area contributed by atoms with Crippen molar-refractivity contribution in [2.75, 3.05) is 10.5 Å². The van der Waals surface area contributed by atoms with Crippen LogP contribution in [0.5, 0.6) is 0 Å². The SMILES string of the molecule is CCS(=O)(=O)Nc1ccccc1SC(F)F. The van der Waals surface area contributed by atoms with Crippen LogP contribution in [0.1, 0.15) is 6.92 Å². The van der Waals surface area contributed by atoms with Gasteiger partial charge in [0.1, 0.15) is 0 Å². The van der Waals surface area contributed by atoms with Gasteiger partial charge in [-0.05, 0) is 19.1 Å². The zero-order valence-electron chi connectivity index (χ0n) is 8.48. The largest absolute Gasteiger partial charge is 0.288 e. The van der Waals surface area contributed by atoms with Crippen LogP contribution in [-0.2, 0) is 10.0 Å². The molecule has 0 radical (unpaired) electrons. The third-order valence-electron chi connectivity index (χ3n) is 1.75. The van der Waals surface area contributed by atoms with Gasteiger partial charge in [0.05, 0.1) is 11.4 Å². The molecule has 3 nitrogen and oxygen atoms in total. The molecule has 0 aliphatic heterocycles. The number of para-hydroxylation sites is 1. The van der Waals surface area contributed by atoms with E-state index in [1.165, 1.54) is 19.1 Å². The average Bonchev–Trinajstić information content (AvgIpc) is 2.20. The number of hydrogen-bond acceptors (Lipinski definition) is 3. The zero-order chi connectivity index (χ0) is 12.2. The monoisotopic (exact) mass is 267 g/mol. The standard InChI is InChI=1S/C9H11F2NO2S2/c1-2-16(13,14)12-7-5-3-4-6-8(7)15-9(10)11/h3-6,9,12H,2H2,1H3. The maximum absolute atomic E-state index is 12.2. The van der Waals surface area contributed by atoms with Crippen LogP contribution in [0.15, 0.2) is 29.2 Å². The van der Waals surface area contributed by atoms with Crippen molar-refractivity contribution >= 4 is 27.5 Å². The Morgan fingerprint density at radius 3 is 2.56 bits per heavy atom. The first-order chi connectivity index (χ1) is 7.44. The molecule has 0 unspecified atom stereocenters. The molecule has 0 saturated heterocycles. The van der Waals surface area contributed by atoms with Crippen molar-refractivity contribution in [3.8, 4) is 0 Å². The van der Waals surface area contributed by atoms with Gasteiger partial charge < -0.3 is 0 Å². The summed E-state index contributed by atoms with van der Waals surface area (Å²) < 4.78 is 49.3. The molecule has 7 heteroatoms. The van der Waals surface area contributed by atoms with Crippen LogP contribution in [-0.4, -0.2) is 19.9 Å². The molecule has 1 aromatic rings. The zero-order valence-corrected chi connectivity index (χ0v) is 10.1. The number of anilines is 1. The van der Waals surface area contributed by atoms with E-state index >= 15 is 0 Å². The molecule has 0 aliphatic rings. The summed E-state index contributed by atoms with van der Waals surface area (Å²) in [6, 6.07) is 6.07. The Balaban J connectivity index is 2.95. The topological polar surface area (TPSA) is 46.2 Å². The lowest BCUT2D eigenvalue weighted by atomic mass is 10.3. The van der Waals surface area contributed by atoms with E-state index in [-0.39, 0.29) is 16.3 Å². The van der Waals surface area contributed by atoms with Gasteiger partial charge in [0.2, 0.25) is 10.0 Å². The Kier molecular flexibility index (Phi) is 4.55. The quantitative estimate of drug-likeness (QED) is 0.834. The van der Waals surface area contributed by atoms with Gasteiger partial charge in [0, 0.05) is 4.90 Å². The van der Waals surface area contributed by atoms with Crippen molar-refractivity contribution in [1.82, 2.24) is 0 Å². The Labute approximate surface area is 97.3 Å². The van der Waals surface area contributed by atoms with Crippen LogP contribution in [0.2, 0.25) is 0 Å². The molecule has 0 bridgehead atoms. The van der Waals surface area contributed by atoms with Gasteiger partial charge in [0.15, 0.2) is 0 Å². The Bertz CT molecular complexity index is 449. The molecule has 0 aliphatic carbocycles. The normalized spacial score (nSPS) is 11.8. The van der Waals surface area contributed by atoms with Gasteiger partial charge in [-0.25, -0.2) is 8.42 Å². The molecule has 1 N–H and O–H groups in total. The number of thioether (sulfide) groups is 1. The lowest BCUT2D eigenvalue weighted by Gasteiger charge is -2.10. The molecule has 0 saturated carbocycles. The smallest absolute Gasteiger partial charge is 0.282 e. The highest BCUT2D eigenvalue weighted by Crippen LogP contribution is 2.32. The fraction of sp³-hybridized carbons (Fsp3) is 0.333. The van der Waals surface area contributed by atoms with Crippen molar-refractivity contribution in [1.29, 1.82) is 0 Å². The summed E-state index contributed by atoms with van der Waals surface area (Å²) in [5.74, 6) is -2.67. The van der Waals surface area contributed by atoms with Crippen LogP contribution >= 0.6 is 11.8 Å². The number of rotatable bonds is 5. The van der Waals surface area contributed by atoms with Crippen molar-refractivity contribution in [2.24, 2.45) is 0 Å². The summed E-state index contributed by atoms with van der Waals surface area (Å²) in [5.41, 5.74) is 0.189. The highest BCUT2D eigenvalue weighted by atomic mass is 32.2. The van der Waals surface area contributed by atoms with E-state index in [9.17, 15) is 17.2 Å². The van der Waals surface area contributed by atoms with E-state index in [0.717, 1.165) is 0 Å². The van der Waals surface area contributed by atoms with Crippen LogP contribution < -0.4 is 4.72 Å². The lowest BCUT2D eigenvalue weighted by Crippen LogP contribution is -2.15. The molecular formula is C9H11F2NO2S2. The molecule has 0 amide bonds. The highest BCUT2D eigenvalue weighted by Gasteiger charge is 2.13. The fourth-order valence-electron chi connectivity index (χ4n) is 0.989. The van der Waals surface area contributed by atoms with Crippen LogP contribution in [0.25, 0.3) is 0 Å². The molecule has 1 aromatic carbocycles. The molecule has 90 valence electrons. The Morgan fingerprint density at radius 1 is 1.38 bits per heavy atom. The number of alkyl halides is 2. The first kappa shape index (κ1) is 13.2. The van der Waals surface area contributed by atoms with Crippen LogP contribution in [0, 0.1) is 0 Å². The van der Waals surface area contributed by atoms with Gasteiger partial charge in [0.25, 0.3) is 5.76 Å². The van der Waals surface area contributed by atoms with Crippen molar-refractivity contribution < 1.29 is 17.2 Å². The summed E-state index contributed by atoms with van der Waals surface area (Å²) in [4.78, 5) is 0.217. The van der Waals surface area contributed by atoms with Crippen molar-refractivity contribution in [2.45, 2.75) is 17.6 Å². The molecule has 0 atom stereocenters. The minimum Gasteiger partial charge on any atom is -0.282 e. The third-order valence-corrected chi connectivity index (χ3v) is 3.83. The van der Waals surface area contributed by atoms with E-state index in [2.05, 4.69) is 4.72 Å². The molecule has 0 heterocycles. The summed E-state index contributed by atoms with van der Waals surface area (Å²) in [7, 11) is -3.44. The van der Waals surface area contributed by atoms with E-state index in [1.54, 1.807) is 12.1 Å². The number of hydrogen-bond donors (Lipinski definition) is 1. The van der Waals surface area contributed by atoms with E-state index in [4.69, 9.17) is 0 Å². The molecule has 0 fully saturated rings. The first-order valence-electron chi connectivity index (χ1n) is 4.49. The summed E-state index contributed by atoms with van der Waals surface area (Å²) in [6.07, 6.45) is 0. The second kappa shape index (κ2) is 5.49. The summed E-state index contributed by atoms with van der Waals surface area (Å²) >= 11 is 0.316. The Hall–Kier alpha value is -0.820. The van der Waals surface area contributed by atoms with Crippen LogP contribution in [0.4, 0.5) is 14.5 Å². The third kappa shape index (κ3) is 3.97. The highest BCUT2D eigenvalue weighted by molar-refractivity contribution is 7.99. The lowest BCUT2D eigenvalue weighted by molar-refractivity contribution is 0.252. The van der Waals surface area contributed by atoms with E-state index in [1.807, 2.05) is 0 Å². The van der Waals surface area contributed by atoms with E-state index < -0.39 is 15.8 Å². The van der Waals surface area contributed by atoms with Crippen molar-refractivity contribution in [3.05, 3.63) is 24.3 Å². The second-order valence-electron chi connectivity index (χ2n) is 2.88. The van der Waals surface area contributed by atoms with Crippen LogP contribution in [0.3, 0.4) is 0 Å². The predicted molar refractivity (Wildman–Crippen MR) is 61.4 cm³/mol. The molecular weight excluding hydrogens is 256 g/mol. The summed E-state index contributed by atoms with van der Waals surface area (Å²) in [5, 5.41) is 0. The van der Waals surface area contributed by atoms with E-state index in [0.29, 0.717) is 11.8 Å². The fourth-order valence-corrected chi connectivity index (χ4v) is 2.31. The molecule has 1 rings (SSSR count). The average molecular weight is 267 g/mol. The maximum atomic E-state index is 12.2. The minimum atomic E-state index is -3.44. The predicted octanol–water partition coefficient (Wildman–Crippen LogP) is 2.76. The molecule has 0 spiro atoms. The van der Waals surface area contributed by atoms with Gasteiger partial charge in [-0.1, -0.05) is 23.9 Å². The number of halogens is 2.